The Labute approximate surface area is 98.9 Å². The van der Waals surface area contributed by atoms with Crippen LogP contribution in [-0.4, -0.2) is 9.97 Å². The van der Waals surface area contributed by atoms with Crippen molar-refractivity contribution < 1.29 is 0 Å². The number of nitrogens with zero attached hydrogens (tertiary/aromatic N) is 2. The molecule has 2 rings (SSSR count). The number of halogens is 1. The molecule has 0 amide bonds. The van der Waals surface area contributed by atoms with Crippen molar-refractivity contribution in [3.63, 3.8) is 0 Å². The topological polar surface area (TPSA) is 25.8 Å². The summed E-state index contributed by atoms with van der Waals surface area (Å²) < 4.78 is 1.97. The summed E-state index contributed by atoms with van der Waals surface area (Å²) in [5.74, 6) is 0.868. The molecule has 2 aromatic rings. The molecule has 2 aromatic heterocycles. The molecule has 0 aliphatic heterocycles. The Morgan fingerprint density at radius 3 is 3.07 bits per heavy atom. The number of aromatic nitrogens is 2. The lowest BCUT2D eigenvalue weighted by molar-refractivity contribution is 1.14. The summed E-state index contributed by atoms with van der Waals surface area (Å²) in [4.78, 5) is 8.54. The van der Waals surface area contributed by atoms with Gasteiger partial charge in [0.05, 0.1) is 5.69 Å². The summed E-state index contributed by atoms with van der Waals surface area (Å²) in [7, 11) is 0. The molecule has 0 saturated heterocycles. The minimum Gasteiger partial charge on any atom is -0.245 e. The van der Waals surface area contributed by atoms with E-state index in [2.05, 4.69) is 25.9 Å². The minimum atomic E-state index is 0.868. The quantitative estimate of drug-likeness (QED) is 0.637. The van der Waals surface area contributed by atoms with Crippen LogP contribution in [0, 0.1) is 0 Å². The van der Waals surface area contributed by atoms with Gasteiger partial charge in [-0.25, -0.2) is 9.97 Å². The van der Waals surface area contributed by atoms with Crippen molar-refractivity contribution in [2.75, 3.05) is 0 Å². The minimum absolute atomic E-state index is 0.868. The van der Waals surface area contributed by atoms with Crippen molar-refractivity contribution in [3.8, 4) is 0 Å². The van der Waals surface area contributed by atoms with Crippen LogP contribution in [0.3, 0.4) is 0 Å². The highest BCUT2D eigenvalue weighted by atomic mass is 79.9. The molecule has 0 N–H and O–H groups in total. The van der Waals surface area contributed by atoms with Gasteiger partial charge in [0, 0.05) is 17.3 Å². The molecule has 14 heavy (non-hydrogen) atoms. The summed E-state index contributed by atoms with van der Waals surface area (Å²) >= 11 is 6.72. The van der Waals surface area contributed by atoms with Gasteiger partial charge in [0.25, 0.3) is 0 Å². The first-order valence-electron chi connectivity index (χ1n) is 3.98. The van der Waals surface area contributed by atoms with E-state index in [1.165, 1.54) is 0 Å². The Morgan fingerprint density at radius 2 is 2.36 bits per heavy atom. The third-order valence-corrected chi connectivity index (χ3v) is 3.97. The second-order valence-electron chi connectivity index (χ2n) is 2.54. The molecule has 0 aromatic carbocycles. The van der Waals surface area contributed by atoms with E-state index in [0.29, 0.717) is 0 Å². The van der Waals surface area contributed by atoms with Crippen LogP contribution in [0.2, 0.25) is 0 Å². The van der Waals surface area contributed by atoms with Crippen LogP contribution in [-0.2, 0) is 5.75 Å². The van der Waals surface area contributed by atoms with Crippen molar-refractivity contribution in [2.24, 2.45) is 0 Å². The Kier molecular flexibility index (Phi) is 3.55. The average molecular weight is 287 g/mol. The first-order valence-corrected chi connectivity index (χ1v) is 6.64. The van der Waals surface area contributed by atoms with Crippen molar-refractivity contribution in [3.05, 3.63) is 40.1 Å². The second kappa shape index (κ2) is 4.91. The van der Waals surface area contributed by atoms with E-state index >= 15 is 0 Å². The monoisotopic (exact) mass is 286 g/mol. The van der Waals surface area contributed by atoms with E-state index in [0.717, 1.165) is 20.4 Å². The van der Waals surface area contributed by atoms with Gasteiger partial charge in [-0.05, 0) is 28.1 Å². The first-order chi connectivity index (χ1) is 6.84. The van der Waals surface area contributed by atoms with Crippen LogP contribution in [0.4, 0.5) is 0 Å². The van der Waals surface area contributed by atoms with Crippen LogP contribution in [0.1, 0.15) is 5.69 Å². The third kappa shape index (κ3) is 2.80. The first kappa shape index (κ1) is 10.1. The van der Waals surface area contributed by atoms with Gasteiger partial charge in [-0.1, -0.05) is 17.8 Å². The SMILES string of the molecule is Brc1cccc(CSc2nccs2)n1. The van der Waals surface area contributed by atoms with Gasteiger partial charge in [-0.2, -0.15) is 0 Å². The number of thiazole rings is 1. The molecule has 0 bridgehead atoms. The Hall–Kier alpha value is -0.390. The lowest BCUT2D eigenvalue weighted by Gasteiger charge is -1.98. The van der Waals surface area contributed by atoms with E-state index in [1.54, 1.807) is 23.1 Å². The normalized spacial score (nSPS) is 10.4. The lowest BCUT2D eigenvalue weighted by atomic mass is 10.4. The Morgan fingerprint density at radius 1 is 1.43 bits per heavy atom. The molecule has 2 heterocycles. The van der Waals surface area contributed by atoms with Gasteiger partial charge < -0.3 is 0 Å². The molecular formula is C9H7BrN2S2. The van der Waals surface area contributed by atoms with Crippen molar-refractivity contribution >= 4 is 39.0 Å². The van der Waals surface area contributed by atoms with Gasteiger partial charge in [0.2, 0.25) is 0 Å². The fourth-order valence-corrected chi connectivity index (χ4v) is 2.87. The number of hydrogen-bond acceptors (Lipinski definition) is 4. The van der Waals surface area contributed by atoms with Crippen molar-refractivity contribution in [1.82, 2.24) is 9.97 Å². The van der Waals surface area contributed by atoms with E-state index in [9.17, 15) is 0 Å². The molecule has 2 nitrogen and oxygen atoms in total. The molecule has 0 atom stereocenters. The van der Waals surface area contributed by atoms with Crippen LogP contribution >= 0.6 is 39.0 Å². The molecule has 0 radical (unpaired) electrons. The van der Waals surface area contributed by atoms with Gasteiger partial charge in [-0.15, -0.1) is 11.3 Å². The van der Waals surface area contributed by atoms with E-state index < -0.39 is 0 Å². The zero-order valence-corrected chi connectivity index (χ0v) is 10.4. The van der Waals surface area contributed by atoms with E-state index in [-0.39, 0.29) is 0 Å². The fourth-order valence-electron chi connectivity index (χ4n) is 0.948. The maximum Gasteiger partial charge on any atom is 0.150 e. The Balaban J connectivity index is 1.98. The van der Waals surface area contributed by atoms with Gasteiger partial charge >= 0.3 is 0 Å². The maximum absolute atomic E-state index is 4.35. The zero-order chi connectivity index (χ0) is 9.80. The predicted molar refractivity (Wildman–Crippen MR) is 63.6 cm³/mol. The number of thioether (sulfide) groups is 1. The molecule has 0 unspecified atom stereocenters. The summed E-state index contributed by atoms with van der Waals surface area (Å²) in [6.45, 7) is 0. The second-order valence-corrected chi connectivity index (χ2v) is 5.47. The van der Waals surface area contributed by atoms with Gasteiger partial charge in [-0.3, -0.25) is 0 Å². The summed E-state index contributed by atoms with van der Waals surface area (Å²) in [6, 6.07) is 5.94. The van der Waals surface area contributed by atoms with E-state index in [4.69, 9.17) is 0 Å². The molecule has 5 heteroatoms. The number of pyridine rings is 1. The molecule has 0 fully saturated rings. The fraction of sp³-hybridized carbons (Fsp3) is 0.111. The van der Waals surface area contributed by atoms with Crippen LogP contribution in [0.25, 0.3) is 0 Å². The van der Waals surface area contributed by atoms with Crippen LogP contribution in [0.5, 0.6) is 0 Å². The highest BCUT2D eigenvalue weighted by Gasteiger charge is 1.99. The van der Waals surface area contributed by atoms with Gasteiger partial charge in [0.1, 0.15) is 8.94 Å². The molecule has 0 aliphatic carbocycles. The zero-order valence-electron chi connectivity index (χ0n) is 7.18. The highest BCUT2D eigenvalue weighted by Crippen LogP contribution is 2.24. The van der Waals surface area contributed by atoms with Crippen molar-refractivity contribution in [1.29, 1.82) is 0 Å². The Bertz CT molecular complexity index is 403. The summed E-state index contributed by atoms with van der Waals surface area (Å²) in [6.07, 6.45) is 1.82. The molecule has 72 valence electrons. The largest absolute Gasteiger partial charge is 0.245 e. The van der Waals surface area contributed by atoms with E-state index in [1.807, 2.05) is 29.8 Å². The van der Waals surface area contributed by atoms with Crippen LogP contribution in [0.15, 0.2) is 38.7 Å². The number of hydrogen-bond donors (Lipinski definition) is 0. The molecule has 0 saturated carbocycles. The van der Waals surface area contributed by atoms with Crippen LogP contribution < -0.4 is 0 Å². The molecule has 0 aliphatic rings. The summed E-state index contributed by atoms with van der Waals surface area (Å²) in [5, 5.41) is 1.98. The average Bonchev–Trinajstić information content (AvgIpc) is 2.67. The standard InChI is InChI=1S/C9H7BrN2S2/c10-8-3-1-2-7(12-8)6-14-9-11-4-5-13-9/h1-5H,6H2. The third-order valence-electron chi connectivity index (χ3n) is 1.53. The number of rotatable bonds is 3. The molecule has 0 spiro atoms. The maximum atomic E-state index is 4.35. The van der Waals surface area contributed by atoms with Crippen molar-refractivity contribution in [2.45, 2.75) is 10.1 Å². The molecular weight excluding hydrogens is 280 g/mol. The summed E-state index contributed by atoms with van der Waals surface area (Å²) in [5.41, 5.74) is 1.07. The highest BCUT2D eigenvalue weighted by molar-refractivity contribution is 9.10. The predicted octanol–water partition coefficient (Wildman–Crippen LogP) is 3.59. The lowest BCUT2D eigenvalue weighted by Crippen LogP contribution is -1.85. The van der Waals surface area contributed by atoms with Gasteiger partial charge in [0.15, 0.2) is 0 Å². The smallest absolute Gasteiger partial charge is 0.150 e.